The number of anilines is 2. The molecule has 0 amide bonds. The Bertz CT molecular complexity index is 573. The van der Waals surface area contributed by atoms with E-state index in [1.807, 2.05) is 24.3 Å². The van der Waals surface area contributed by atoms with E-state index in [0.29, 0.717) is 10.6 Å². The second-order valence-electron chi connectivity index (χ2n) is 3.43. The van der Waals surface area contributed by atoms with Gasteiger partial charge in [0.05, 0.1) is 11.3 Å². The number of hydrogen-bond acceptors (Lipinski definition) is 2. The largest absolute Gasteiger partial charge is 0.354 e. The summed E-state index contributed by atoms with van der Waals surface area (Å²) < 4.78 is 1.17. The molecule has 0 aliphatic rings. The van der Waals surface area contributed by atoms with Gasteiger partial charge in [0.1, 0.15) is 6.07 Å². The number of benzene rings is 2. The fraction of sp³-hybridized carbons (Fsp3) is 0. The van der Waals surface area contributed by atoms with Crippen LogP contribution in [0, 0.1) is 14.9 Å². The zero-order valence-electron chi connectivity index (χ0n) is 8.74. The number of nitrogens with zero attached hydrogens (tertiary/aromatic N) is 1. The predicted octanol–water partition coefficient (Wildman–Crippen LogP) is 4.56. The van der Waals surface area contributed by atoms with Crippen molar-refractivity contribution in [2.24, 2.45) is 0 Å². The third kappa shape index (κ3) is 3.11. The van der Waals surface area contributed by atoms with Crippen molar-refractivity contribution in [3.05, 3.63) is 56.6 Å². The summed E-state index contributed by atoms with van der Waals surface area (Å²) in [5.74, 6) is 0. The number of hydrogen-bond donors (Lipinski definition) is 1. The van der Waals surface area contributed by atoms with Gasteiger partial charge in [0.15, 0.2) is 0 Å². The van der Waals surface area contributed by atoms with Gasteiger partial charge in [-0.3, -0.25) is 0 Å². The Balaban J connectivity index is 2.30. The lowest BCUT2D eigenvalue weighted by atomic mass is 10.2. The normalized spacial score (nSPS) is 9.71. The second-order valence-corrected chi connectivity index (χ2v) is 5.12. The molecule has 0 bridgehead atoms. The summed E-state index contributed by atoms with van der Waals surface area (Å²) in [6.45, 7) is 0. The van der Waals surface area contributed by atoms with Gasteiger partial charge in [-0.15, -0.1) is 0 Å². The molecular weight excluding hydrogens is 347 g/mol. The molecule has 0 unspecified atom stereocenters. The van der Waals surface area contributed by atoms with Crippen molar-refractivity contribution in [1.82, 2.24) is 0 Å². The molecule has 0 radical (unpaired) electrons. The Morgan fingerprint density at radius 3 is 2.47 bits per heavy atom. The van der Waals surface area contributed by atoms with Crippen LogP contribution in [0.3, 0.4) is 0 Å². The maximum Gasteiger partial charge on any atom is 0.101 e. The topological polar surface area (TPSA) is 35.8 Å². The van der Waals surface area contributed by atoms with Crippen molar-refractivity contribution in [1.29, 1.82) is 5.26 Å². The first-order valence-corrected chi connectivity index (χ1v) is 6.37. The molecule has 17 heavy (non-hydrogen) atoms. The van der Waals surface area contributed by atoms with Crippen LogP contribution in [0.15, 0.2) is 42.5 Å². The van der Waals surface area contributed by atoms with Crippen LogP contribution in [0.5, 0.6) is 0 Å². The summed E-state index contributed by atoms with van der Waals surface area (Å²) in [7, 11) is 0. The number of rotatable bonds is 2. The van der Waals surface area contributed by atoms with Gasteiger partial charge >= 0.3 is 0 Å². The van der Waals surface area contributed by atoms with Crippen molar-refractivity contribution >= 4 is 45.6 Å². The van der Waals surface area contributed by atoms with Crippen LogP contribution in [0.1, 0.15) is 5.56 Å². The first kappa shape index (κ1) is 12.2. The lowest BCUT2D eigenvalue weighted by molar-refractivity contribution is 1.46. The van der Waals surface area contributed by atoms with Crippen LogP contribution in [-0.4, -0.2) is 0 Å². The first-order valence-electron chi connectivity index (χ1n) is 4.91. The van der Waals surface area contributed by atoms with Crippen LogP contribution in [0.4, 0.5) is 11.4 Å². The smallest absolute Gasteiger partial charge is 0.101 e. The molecule has 0 saturated carbocycles. The molecule has 0 fully saturated rings. The minimum Gasteiger partial charge on any atom is -0.354 e. The summed E-state index contributed by atoms with van der Waals surface area (Å²) in [6.07, 6.45) is 0. The van der Waals surface area contributed by atoms with Gasteiger partial charge < -0.3 is 5.32 Å². The van der Waals surface area contributed by atoms with Gasteiger partial charge in [0.2, 0.25) is 0 Å². The summed E-state index contributed by atoms with van der Waals surface area (Å²) in [5.41, 5.74) is 2.25. The van der Waals surface area contributed by atoms with Crippen molar-refractivity contribution < 1.29 is 0 Å². The Morgan fingerprint density at radius 2 is 1.82 bits per heavy atom. The predicted molar refractivity (Wildman–Crippen MR) is 78.6 cm³/mol. The van der Waals surface area contributed by atoms with E-state index in [1.165, 1.54) is 3.57 Å². The number of nitriles is 1. The third-order valence-corrected chi connectivity index (χ3v) is 3.18. The maximum atomic E-state index is 9.02. The summed E-state index contributed by atoms with van der Waals surface area (Å²) in [6, 6.07) is 15.3. The van der Waals surface area contributed by atoms with E-state index in [2.05, 4.69) is 34.0 Å². The van der Waals surface area contributed by atoms with Crippen LogP contribution in [0.25, 0.3) is 0 Å². The molecular formula is C13H8ClIN2. The molecule has 0 spiro atoms. The highest BCUT2D eigenvalue weighted by atomic mass is 127. The lowest BCUT2D eigenvalue weighted by Crippen LogP contribution is -1.93. The van der Waals surface area contributed by atoms with Crippen molar-refractivity contribution in [2.45, 2.75) is 0 Å². The number of nitrogens with one attached hydrogen (secondary N) is 1. The lowest BCUT2D eigenvalue weighted by Gasteiger charge is -2.08. The summed E-state index contributed by atoms with van der Waals surface area (Å²) in [5, 5.41) is 12.8. The van der Waals surface area contributed by atoms with E-state index in [-0.39, 0.29) is 0 Å². The molecule has 4 heteroatoms. The van der Waals surface area contributed by atoms with Gasteiger partial charge in [0.25, 0.3) is 0 Å². The molecule has 2 nitrogen and oxygen atoms in total. The van der Waals surface area contributed by atoms with Gasteiger partial charge in [-0.05, 0) is 65.1 Å². The average molecular weight is 355 g/mol. The molecule has 84 valence electrons. The molecule has 0 heterocycles. The molecule has 2 rings (SSSR count). The van der Waals surface area contributed by atoms with Crippen molar-refractivity contribution in [2.75, 3.05) is 5.32 Å². The van der Waals surface area contributed by atoms with E-state index in [1.54, 1.807) is 18.2 Å². The molecule has 0 aliphatic carbocycles. The van der Waals surface area contributed by atoms with Crippen LogP contribution in [0.2, 0.25) is 5.02 Å². The van der Waals surface area contributed by atoms with Crippen LogP contribution >= 0.6 is 34.2 Å². The van der Waals surface area contributed by atoms with Gasteiger partial charge in [-0.1, -0.05) is 11.6 Å². The van der Waals surface area contributed by atoms with E-state index in [9.17, 15) is 0 Å². The minimum absolute atomic E-state index is 0.538. The first-order chi connectivity index (χ1) is 8.19. The standard InChI is InChI=1S/C13H8ClIN2/c14-10-1-6-13(9(7-10)8-16)17-12-4-2-11(15)3-5-12/h1-7,17H. The molecule has 0 aliphatic heterocycles. The SMILES string of the molecule is N#Cc1cc(Cl)ccc1Nc1ccc(I)cc1. The van der Waals surface area contributed by atoms with Crippen LogP contribution in [-0.2, 0) is 0 Å². The minimum atomic E-state index is 0.538. The Hall–Kier alpha value is -1.25. The highest BCUT2D eigenvalue weighted by Gasteiger charge is 2.03. The van der Waals surface area contributed by atoms with E-state index >= 15 is 0 Å². The summed E-state index contributed by atoms with van der Waals surface area (Å²) >= 11 is 8.09. The van der Waals surface area contributed by atoms with Gasteiger partial charge in [-0.25, -0.2) is 0 Å². The number of halogens is 2. The van der Waals surface area contributed by atoms with Crippen LogP contribution < -0.4 is 5.32 Å². The highest BCUT2D eigenvalue weighted by molar-refractivity contribution is 14.1. The fourth-order valence-electron chi connectivity index (χ4n) is 1.41. The van der Waals surface area contributed by atoms with Gasteiger partial charge in [-0.2, -0.15) is 5.26 Å². The zero-order chi connectivity index (χ0) is 12.3. The molecule has 0 saturated heterocycles. The second kappa shape index (κ2) is 5.39. The zero-order valence-corrected chi connectivity index (χ0v) is 11.7. The molecule has 1 N–H and O–H groups in total. The van der Waals surface area contributed by atoms with E-state index in [4.69, 9.17) is 16.9 Å². The molecule has 0 atom stereocenters. The fourth-order valence-corrected chi connectivity index (χ4v) is 1.94. The van der Waals surface area contributed by atoms with Gasteiger partial charge in [0, 0.05) is 14.3 Å². The Labute approximate surface area is 118 Å². The average Bonchev–Trinajstić information content (AvgIpc) is 2.34. The van der Waals surface area contributed by atoms with Crippen molar-refractivity contribution in [3.8, 4) is 6.07 Å². The molecule has 2 aromatic rings. The Kier molecular flexibility index (Phi) is 3.87. The summed E-state index contributed by atoms with van der Waals surface area (Å²) in [4.78, 5) is 0. The quantitative estimate of drug-likeness (QED) is 0.803. The Morgan fingerprint density at radius 1 is 1.12 bits per heavy atom. The molecule has 0 aromatic heterocycles. The van der Waals surface area contributed by atoms with E-state index < -0.39 is 0 Å². The van der Waals surface area contributed by atoms with E-state index in [0.717, 1.165) is 11.4 Å². The molecule has 2 aromatic carbocycles. The van der Waals surface area contributed by atoms with Crippen molar-refractivity contribution in [3.63, 3.8) is 0 Å². The monoisotopic (exact) mass is 354 g/mol. The third-order valence-electron chi connectivity index (χ3n) is 2.23. The highest BCUT2D eigenvalue weighted by Crippen LogP contribution is 2.24. The maximum absolute atomic E-state index is 9.02.